The number of nitrogens with zero attached hydrogens (tertiary/aromatic N) is 1. The highest BCUT2D eigenvalue weighted by molar-refractivity contribution is 6.42. The molecule has 2 saturated carbocycles. The SMILES string of the molecule is O=C(C1=C(c2ccc(CCCOc3c(F)ccc(F)c3Cl)cc2)C2(CC2)CNC1)N(Cc1cccc(Cl)c1Cl)C1CC1. The van der Waals surface area contributed by atoms with Gasteiger partial charge in [-0.25, -0.2) is 8.78 Å². The zero-order valence-corrected chi connectivity index (χ0v) is 25.3. The molecule has 2 aliphatic carbocycles. The van der Waals surface area contributed by atoms with Crippen LogP contribution in [0, 0.1) is 17.0 Å². The number of halogens is 5. The molecule has 42 heavy (non-hydrogen) atoms. The smallest absolute Gasteiger partial charge is 0.251 e. The quantitative estimate of drug-likeness (QED) is 0.181. The van der Waals surface area contributed by atoms with Gasteiger partial charge in [-0.3, -0.25) is 4.79 Å². The Morgan fingerprint density at radius 3 is 2.43 bits per heavy atom. The normalized spacial score (nSPS) is 17.5. The summed E-state index contributed by atoms with van der Waals surface area (Å²) in [5.41, 5.74) is 4.99. The second kappa shape index (κ2) is 12.2. The van der Waals surface area contributed by atoms with Crippen LogP contribution in [0.2, 0.25) is 15.1 Å². The van der Waals surface area contributed by atoms with E-state index in [0.717, 1.165) is 72.2 Å². The Kier molecular flexibility index (Phi) is 8.52. The fourth-order valence-electron chi connectivity index (χ4n) is 5.87. The number of carbonyl (C=O) groups is 1. The van der Waals surface area contributed by atoms with E-state index in [1.807, 2.05) is 17.0 Å². The molecule has 6 rings (SSSR count). The topological polar surface area (TPSA) is 41.6 Å². The van der Waals surface area contributed by atoms with Crippen LogP contribution in [0.5, 0.6) is 5.75 Å². The molecule has 0 bridgehead atoms. The van der Waals surface area contributed by atoms with Gasteiger partial charge in [-0.1, -0.05) is 71.2 Å². The lowest BCUT2D eigenvalue weighted by atomic mass is 9.82. The van der Waals surface area contributed by atoms with Crippen molar-refractivity contribution in [2.75, 3.05) is 19.7 Å². The van der Waals surface area contributed by atoms with E-state index in [2.05, 4.69) is 29.6 Å². The predicted octanol–water partition coefficient (Wildman–Crippen LogP) is 8.26. The van der Waals surface area contributed by atoms with E-state index < -0.39 is 11.6 Å². The number of ether oxygens (including phenoxy) is 1. The van der Waals surface area contributed by atoms with Gasteiger partial charge in [0.2, 0.25) is 0 Å². The number of aryl methyl sites for hydroxylation is 1. The van der Waals surface area contributed by atoms with Crippen LogP contribution < -0.4 is 10.1 Å². The van der Waals surface area contributed by atoms with Gasteiger partial charge >= 0.3 is 0 Å². The largest absolute Gasteiger partial charge is 0.489 e. The first-order valence-corrected chi connectivity index (χ1v) is 15.4. The minimum atomic E-state index is -0.712. The summed E-state index contributed by atoms with van der Waals surface area (Å²) in [6, 6.07) is 16.1. The summed E-state index contributed by atoms with van der Waals surface area (Å²) in [4.78, 5) is 16.2. The van der Waals surface area contributed by atoms with Gasteiger partial charge < -0.3 is 15.0 Å². The third-order valence-corrected chi connectivity index (χ3v) is 9.64. The second-order valence-electron chi connectivity index (χ2n) is 11.4. The Balaban J connectivity index is 1.19. The van der Waals surface area contributed by atoms with Crippen molar-refractivity contribution in [3.63, 3.8) is 0 Å². The fourth-order valence-corrected chi connectivity index (χ4v) is 6.46. The molecule has 0 radical (unpaired) electrons. The van der Waals surface area contributed by atoms with Crippen LogP contribution in [0.3, 0.4) is 0 Å². The molecule has 0 unspecified atom stereocenters. The van der Waals surface area contributed by atoms with Gasteiger partial charge in [0, 0.05) is 36.7 Å². The standard InChI is InChI=1S/C33H31Cl3F2N2O2/c34-25-5-1-4-22(29(25)35)18-40(23-10-11-23)32(41)24-17-39-19-33(14-15-33)28(24)21-8-6-20(7-9-21)3-2-16-42-31-27(38)13-12-26(37)30(31)36/h1,4-9,12-13,23,39H,2-3,10-11,14-19H2. The third kappa shape index (κ3) is 6.05. The van der Waals surface area contributed by atoms with Crippen molar-refractivity contribution < 1.29 is 18.3 Å². The highest BCUT2D eigenvalue weighted by atomic mass is 35.5. The van der Waals surface area contributed by atoms with E-state index >= 15 is 0 Å². The number of benzene rings is 3. The number of hydrogen-bond acceptors (Lipinski definition) is 3. The van der Waals surface area contributed by atoms with Gasteiger partial charge in [-0.15, -0.1) is 0 Å². The zero-order valence-electron chi connectivity index (χ0n) is 23.0. The molecule has 0 saturated heterocycles. The molecule has 1 N–H and O–H groups in total. The van der Waals surface area contributed by atoms with Crippen molar-refractivity contribution in [1.82, 2.24) is 10.2 Å². The van der Waals surface area contributed by atoms with Gasteiger partial charge in [-0.05, 0) is 79.0 Å². The van der Waals surface area contributed by atoms with Gasteiger partial charge in [0.25, 0.3) is 5.91 Å². The Morgan fingerprint density at radius 2 is 1.71 bits per heavy atom. The fraction of sp³-hybridized carbons (Fsp3) is 0.364. The van der Waals surface area contributed by atoms with Crippen molar-refractivity contribution >= 4 is 46.3 Å². The predicted molar refractivity (Wildman–Crippen MR) is 163 cm³/mol. The van der Waals surface area contributed by atoms with Crippen molar-refractivity contribution in [2.45, 2.75) is 51.1 Å². The van der Waals surface area contributed by atoms with Crippen molar-refractivity contribution in [3.8, 4) is 5.75 Å². The summed E-state index contributed by atoms with van der Waals surface area (Å²) in [5.74, 6) is -1.59. The highest BCUT2D eigenvalue weighted by Gasteiger charge is 2.50. The Bertz CT molecular complexity index is 1530. The van der Waals surface area contributed by atoms with Crippen LogP contribution in [-0.4, -0.2) is 36.5 Å². The van der Waals surface area contributed by atoms with Crippen LogP contribution in [0.15, 0.2) is 60.2 Å². The van der Waals surface area contributed by atoms with E-state index in [1.54, 1.807) is 6.07 Å². The molecular weight excluding hydrogens is 601 g/mol. The number of carbonyl (C=O) groups excluding carboxylic acids is 1. The summed E-state index contributed by atoms with van der Waals surface area (Å²) >= 11 is 18.6. The number of rotatable bonds is 10. The average Bonchev–Trinajstić information content (AvgIpc) is 3.93. The zero-order chi connectivity index (χ0) is 29.4. The monoisotopic (exact) mass is 630 g/mol. The van der Waals surface area contributed by atoms with Crippen LogP contribution in [0.25, 0.3) is 5.57 Å². The maximum Gasteiger partial charge on any atom is 0.251 e. The Labute approximate surface area is 259 Å². The summed E-state index contributed by atoms with van der Waals surface area (Å²) in [5, 5.41) is 4.16. The minimum Gasteiger partial charge on any atom is -0.489 e. The third-order valence-electron chi connectivity index (χ3n) is 8.43. The highest BCUT2D eigenvalue weighted by Crippen LogP contribution is 2.57. The maximum absolute atomic E-state index is 14.2. The van der Waals surface area contributed by atoms with Crippen molar-refractivity contribution in [2.24, 2.45) is 5.41 Å². The van der Waals surface area contributed by atoms with E-state index in [9.17, 15) is 13.6 Å². The lowest BCUT2D eigenvalue weighted by Crippen LogP contribution is -2.42. The minimum absolute atomic E-state index is 0.0180. The van der Waals surface area contributed by atoms with Crippen LogP contribution in [-0.2, 0) is 17.8 Å². The number of hydrogen-bond donors (Lipinski definition) is 1. The molecule has 220 valence electrons. The summed E-state index contributed by atoms with van der Waals surface area (Å²) in [6.07, 6.45) is 5.38. The molecule has 1 aliphatic heterocycles. The van der Waals surface area contributed by atoms with E-state index in [4.69, 9.17) is 39.5 Å². The average molecular weight is 632 g/mol. The molecule has 1 heterocycles. The van der Waals surface area contributed by atoms with E-state index in [-0.39, 0.29) is 34.7 Å². The van der Waals surface area contributed by atoms with Gasteiger partial charge in [-0.2, -0.15) is 0 Å². The number of nitrogens with one attached hydrogen (secondary N) is 1. The van der Waals surface area contributed by atoms with Crippen molar-refractivity contribution in [3.05, 3.63) is 104 Å². The van der Waals surface area contributed by atoms with Crippen LogP contribution >= 0.6 is 34.8 Å². The van der Waals surface area contributed by atoms with Gasteiger partial charge in [0.1, 0.15) is 10.8 Å². The molecule has 4 nitrogen and oxygen atoms in total. The molecule has 1 amide bonds. The van der Waals surface area contributed by atoms with Gasteiger partial charge in [0.15, 0.2) is 11.6 Å². The molecule has 0 atom stereocenters. The first-order chi connectivity index (χ1) is 20.3. The van der Waals surface area contributed by atoms with Crippen molar-refractivity contribution in [1.29, 1.82) is 0 Å². The van der Waals surface area contributed by atoms with E-state index in [1.165, 1.54) is 0 Å². The Morgan fingerprint density at radius 1 is 0.976 bits per heavy atom. The molecule has 1 spiro atoms. The molecule has 2 fully saturated rings. The molecule has 3 aromatic carbocycles. The first kappa shape index (κ1) is 29.4. The Hall–Kier alpha value is -2.64. The molecule has 3 aliphatic rings. The lowest BCUT2D eigenvalue weighted by Gasteiger charge is -2.33. The van der Waals surface area contributed by atoms with E-state index in [0.29, 0.717) is 36.0 Å². The van der Waals surface area contributed by atoms with Crippen LogP contribution in [0.4, 0.5) is 8.78 Å². The summed E-state index contributed by atoms with van der Waals surface area (Å²) < 4.78 is 33.1. The van der Waals surface area contributed by atoms with Gasteiger partial charge in [0.05, 0.1) is 16.7 Å². The molecule has 0 aromatic heterocycles. The molecular formula is C33H31Cl3F2N2O2. The first-order valence-electron chi connectivity index (χ1n) is 14.3. The molecule has 3 aromatic rings. The number of amides is 1. The summed E-state index contributed by atoms with van der Waals surface area (Å²) in [6.45, 7) is 2.02. The van der Waals surface area contributed by atoms with Crippen LogP contribution in [0.1, 0.15) is 48.8 Å². The second-order valence-corrected chi connectivity index (χ2v) is 12.6. The lowest BCUT2D eigenvalue weighted by molar-refractivity contribution is -0.128. The maximum atomic E-state index is 14.2. The summed E-state index contributed by atoms with van der Waals surface area (Å²) in [7, 11) is 0. The molecule has 9 heteroatoms.